The number of para-hydroxylation sites is 1. The highest BCUT2D eigenvalue weighted by molar-refractivity contribution is 7.36. The van der Waals surface area contributed by atoms with E-state index in [2.05, 4.69) is 115 Å². The van der Waals surface area contributed by atoms with Gasteiger partial charge in [-0.05, 0) is 53.4 Å². The molecule has 0 saturated carbocycles. The van der Waals surface area contributed by atoms with E-state index in [1.54, 1.807) is 0 Å². The number of fused-ring (bicyclic) bond motifs is 4. The third-order valence-electron chi connectivity index (χ3n) is 8.68. The standard InChI is InChI=1S/C41H36N3OP/c1-28(29-14-6-3-7-15-29)13-5-2-10-19-37(36-27-46-41-39(36)35-18-11-12-20-38(35)45-41)43-40(44-42)33-24-22-31-21-23-32(25-34(31)26-33)30-16-8-4-9-17-30/h3-9,11-18,20-27,31,34,46H,1-2,10,19,42H2/b13-5-,43-37?,44-40-. The fourth-order valence-electron chi connectivity index (χ4n) is 6.28. The van der Waals surface area contributed by atoms with E-state index >= 15 is 0 Å². The number of unbranched alkanes of at least 4 members (excludes halogenated alkanes) is 1. The smallest absolute Gasteiger partial charge is 0.178 e. The molecule has 2 heterocycles. The van der Waals surface area contributed by atoms with Crippen LogP contribution in [0.2, 0.25) is 0 Å². The zero-order chi connectivity index (χ0) is 31.3. The van der Waals surface area contributed by atoms with Crippen molar-refractivity contribution in [3.05, 3.63) is 168 Å². The molecule has 0 fully saturated rings. The van der Waals surface area contributed by atoms with E-state index in [1.165, 1.54) is 11.1 Å². The number of amidine groups is 1. The van der Waals surface area contributed by atoms with Crippen molar-refractivity contribution in [2.45, 2.75) is 19.3 Å². The van der Waals surface area contributed by atoms with Crippen LogP contribution >= 0.6 is 8.19 Å². The van der Waals surface area contributed by atoms with Gasteiger partial charge in [-0.15, -0.1) is 0 Å². The second kappa shape index (κ2) is 13.4. The van der Waals surface area contributed by atoms with Crippen molar-refractivity contribution in [1.29, 1.82) is 0 Å². The Labute approximate surface area is 271 Å². The van der Waals surface area contributed by atoms with Crippen LogP contribution in [-0.4, -0.2) is 11.5 Å². The van der Waals surface area contributed by atoms with Crippen molar-refractivity contribution in [3.8, 4) is 0 Å². The Kier molecular flexibility index (Phi) is 8.63. The molecule has 0 bridgehead atoms. The molecule has 0 radical (unpaired) electrons. The van der Waals surface area contributed by atoms with Crippen molar-refractivity contribution in [1.82, 2.24) is 0 Å². The Morgan fingerprint density at radius 3 is 2.48 bits per heavy atom. The van der Waals surface area contributed by atoms with Crippen LogP contribution in [0.3, 0.4) is 0 Å². The van der Waals surface area contributed by atoms with Crippen LogP contribution in [0, 0.1) is 11.8 Å². The summed E-state index contributed by atoms with van der Waals surface area (Å²) in [4.78, 5) is 5.22. The van der Waals surface area contributed by atoms with E-state index in [-0.39, 0.29) is 5.92 Å². The Morgan fingerprint density at radius 2 is 1.65 bits per heavy atom. The molecule has 46 heavy (non-hydrogen) atoms. The van der Waals surface area contributed by atoms with E-state index in [0.29, 0.717) is 19.9 Å². The number of nitrogens with two attached hydrogens (primary N) is 1. The molecule has 5 heteroatoms. The highest BCUT2D eigenvalue weighted by atomic mass is 31.0. The number of nitrogens with zero attached hydrogens (tertiary/aromatic N) is 2. The minimum Gasteiger partial charge on any atom is -0.452 e. The number of aliphatic imine (C=N–C) groups is 1. The van der Waals surface area contributed by atoms with Crippen LogP contribution in [0.5, 0.6) is 0 Å². The van der Waals surface area contributed by atoms with E-state index in [1.807, 2.05) is 36.4 Å². The third kappa shape index (κ3) is 6.18. The second-order valence-electron chi connectivity index (χ2n) is 11.7. The SMILES string of the molecule is C=C(/C=C\CCCC(=N/C(=N\N)C1=CC2C=C(c3ccccc3)C=CC2C=C1)c1c[pH]c2oc3ccccc3c12)c1ccccc1. The summed E-state index contributed by atoms with van der Waals surface area (Å²) >= 11 is 0. The summed E-state index contributed by atoms with van der Waals surface area (Å²) in [5, 5.41) is 7.53. The molecule has 3 aromatic carbocycles. The molecule has 0 aliphatic heterocycles. The van der Waals surface area contributed by atoms with Gasteiger partial charge < -0.3 is 10.3 Å². The van der Waals surface area contributed by atoms with Gasteiger partial charge in [-0.2, -0.15) is 5.10 Å². The molecule has 2 N–H and O–H groups in total. The van der Waals surface area contributed by atoms with Gasteiger partial charge in [0.1, 0.15) is 5.58 Å². The summed E-state index contributed by atoms with van der Waals surface area (Å²) in [6.07, 6.45) is 20.4. The predicted octanol–water partition coefficient (Wildman–Crippen LogP) is 10.5. The van der Waals surface area contributed by atoms with E-state index < -0.39 is 0 Å². The molecule has 5 aromatic rings. The van der Waals surface area contributed by atoms with Gasteiger partial charge in [-0.1, -0.05) is 142 Å². The monoisotopic (exact) mass is 617 g/mol. The lowest BCUT2D eigenvalue weighted by Crippen LogP contribution is -2.17. The minimum atomic E-state index is 0.204. The summed E-state index contributed by atoms with van der Waals surface area (Å²) in [5.41, 5.74) is 8.55. The first-order valence-electron chi connectivity index (χ1n) is 15.8. The molecular weight excluding hydrogens is 581 g/mol. The van der Waals surface area contributed by atoms with Gasteiger partial charge in [0.05, 0.1) is 5.71 Å². The van der Waals surface area contributed by atoms with Gasteiger partial charge in [-0.3, -0.25) is 0 Å². The largest absolute Gasteiger partial charge is 0.452 e. The number of benzene rings is 3. The molecule has 0 amide bonds. The van der Waals surface area contributed by atoms with E-state index in [4.69, 9.17) is 15.3 Å². The summed E-state index contributed by atoms with van der Waals surface area (Å²) in [7, 11) is 0.459. The van der Waals surface area contributed by atoms with Crippen molar-refractivity contribution < 1.29 is 4.42 Å². The van der Waals surface area contributed by atoms with Crippen LogP contribution in [0.1, 0.15) is 36.0 Å². The van der Waals surface area contributed by atoms with Gasteiger partial charge in [0.25, 0.3) is 0 Å². The molecule has 2 aliphatic rings. The average molecular weight is 618 g/mol. The van der Waals surface area contributed by atoms with Gasteiger partial charge in [0.15, 0.2) is 11.2 Å². The number of hydrogen-bond donors (Lipinski definition) is 1. The Hall–Kier alpha value is -5.18. The molecule has 2 aromatic heterocycles. The summed E-state index contributed by atoms with van der Waals surface area (Å²) in [6, 6.07) is 29.0. The Bertz CT molecular complexity index is 2100. The molecule has 7 rings (SSSR count). The average Bonchev–Trinajstić information content (AvgIpc) is 3.69. The summed E-state index contributed by atoms with van der Waals surface area (Å²) < 4.78 is 6.25. The molecule has 226 valence electrons. The zero-order valence-electron chi connectivity index (χ0n) is 25.6. The van der Waals surface area contributed by atoms with Crippen LogP contribution in [0.25, 0.3) is 32.8 Å². The van der Waals surface area contributed by atoms with Gasteiger partial charge in [0.2, 0.25) is 0 Å². The third-order valence-corrected chi connectivity index (χ3v) is 9.73. The molecule has 0 saturated heterocycles. The predicted molar refractivity (Wildman–Crippen MR) is 198 cm³/mol. The molecule has 0 spiro atoms. The van der Waals surface area contributed by atoms with Crippen LogP contribution in [-0.2, 0) is 0 Å². The topological polar surface area (TPSA) is 63.9 Å². The quantitative estimate of drug-likeness (QED) is 0.0447. The number of furan rings is 1. The van der Waals surface area contributed by atoms with Gasteiger partial charge in [-0.25, -0.2) is 4.99 Å². The lowest BCUT2D eigenvalue weighted by atomic mass is 9.80. The zero-order valence-corrected chi connectivity index (χ0v) is 26.6. The van der Waals surface area contributed by atoms with Crippen LogP contribution in [0.4, 0.5) is 0 Å². The maximum Gasteiger partial charge on any atom is 0.178 e. The number of rotatable bonds is 9. The highest BCUT2D eigenvalue weighted by Crippen LogP contribution is 2.39. The minimum absolute atomic E-state index is 0.204. The van der Waals surface area contributed by atoms with Crippen LogP contribution in [0.15, 0.2) is 166 Å². The summed E-state index contributed by atoms with van der Waals surface area (Å²) in [5.74, 6) is 9.41. The van der Waals surface area contributed by atoms with Crippen molar-refractivity contribution in [2.24, 2.45) is 27.8 Å². The van der Waals surface area contributed by atoms with Crippen molar-refractivity contribution in [2.75, 3.05) is 0 Å². The molecule has 4 nitrogen and oxygen atoms in total. The Morgan fingerprint density at radius 1 is 0.891 bits per heavy atom. The van der Waals surface area contributed by atoms with E-state index in [9.17, 15) is 0 Å². The number of hydrogen-bond acceptors (Lipinski definition) is 3. The number of allylic oxidation sites excluding steroid dienone is 9. The molecular formula is C41H36N3OP. The van der Waals surface area contributed by atoms with Gasteiger partial charge in [0, 0.05) is 33.7 Å². The van der Waals surface area contributed by atoms with Crippen molar-refractivity contribution in [3.63, 3.8) is 0 Å². The van der Waals surface area contributed by atoms with Crippen LogP contribution < -0.4 is 5.84 Å². The molecule has 3 unspecified atom stereocenters. The summed E-state index contributed by atoms with van der Waals surface area (Å²) in [6.45, 7) is 4.24. The fourth-order valence-corrected chi connectivity index (χ4v) is 7.45. The van der Waals surface area contributed by atoms with Gasteiger partial charge >= 0.3 is 0 Å². The first-order valence-corrected chi connectivity index (χ1v) is 16.9. The number of hydrazone groups is 1. The maximum absolute atomic E-state index is 6.25. The first kappa shape index (κ1) is 29.5. The lowest BCUT2D eigenvalue weighted by Gasteiger charge is -2.25. The normalized spacial score (nSPS) is 18.4. The molecule has 2 aliphatic carbocycles. The van der Waals surface area contributed by atoms with Crippen molar-refractivity contribution >= 4 is 52.6 Å². The Balaban J connectivity index is 1.18. The maximum atomic E-state index is 6.25. The molecule has 3 atom stereocenters. The first-order chi connectivity index (χ1) is 22.7. The second-order valence-corrected chi connectivity index (χ2v) is 12.7. The fraction of sp³-hybridized carbons (Fsp3) is 0.122. The highest BCUT2D eigenvalue weighted by Gasteiger charge is 2.23. The lowest BCUT2D eigenvalue weighted by molar-refractivity contribution is 0.660. The van der Waals surface area contributed by atoms with E-state index in [0.717, 1.165) is 68.9 Å².